The molecule has 0 fully saturated rings. The van der Waals surface area contributed by atoms with E-state index in [1.54, 1.807) is 43.4 Å². The van der Waals surface area contributed by atoms with Gasteiger partial charge in [0.25, 0.3) is 0 Å². The summed E-state index contributed by atoms with van der Waals surface area (Å²) in [5, 5.41) is 3.14. The minimum Gasteiger partial charge on any atom is -0.309 e. The normalized spacial score (nSPS) is 13.2. The quantitative estimate of drug-likeness (QED) is 0.942. The molecule has 0 aromatic heterocycles. The van der Waals surface area contributed by atoms with Crippen molar-refractivity contribution in [2.45, 2.75) is 10.9 Å². The van der Waals surface area contributed by atoms with Crippen LogP contribution in [0.25, 0.3) is 0 Å². The predicted octanol–water partition coefficient (Wildman–Crippen LogP) is 2.54. The van der Waals surface area contributed by atoms with Crippen LogP contribution in [0.1, 0.15) is 17.2 Å². The number of rotatable bonds is 4. The topological polar surface area (TPSA) is 46.2 Å². The van der Waals surface area contributed by atoms with Crippen LogP contribution >= 0.6 is 0 Å². The molecule has 0 saturated carbocycles. The van der Waals surface area contributed by atoms with Crippen LogP contribution in [0.5, 0.6) is 0 Å². The van der Waals surface area contributed by atoms with Crippen LogP contribution in [0.15, 0.2) is 53.4 Å². The van der Waals surface area contributed by atoms with Gasteiger partial charge in [-0.3, -0.25) is 0 Å². The maximum atomic E-state index is 13.0. The molecule has 0 amide bonds. The van der Waals surface area contributed by atoms with Crippen LogP contribution in [0.2, 0.25) is 0 Å². The third-order valence-corrected chi connectivity index (χ3v) is 4.26. The second-order valence-corrected chi connectivity index (χ2v) is 6.63. The maximum absolute atomic E-state index is 13.0. The van der Waals surface area contributed by atoms with Gasteiger partial charge in [-0.25, -0.2) is 12.8 Å². The fourth-order valence-electron chi connectivity index (χ4n) is 2.09. The average molecular weight is 293 g/mol. The molecule has 0 aliphatic heterocycles. The smallest absolute Gasteiger partial charge is 0.175 e. The van der Waals surface area contributed by atoms with Crippen molar-refractivity contribution in [1.82, 2.24) is 5.32 Å². The summed E-state index contributed by atoms with van der Waals surface area (Å²) in [7, 11) is -1.39. The largest absolute Gasteiger partial charge is 0.309 e. The maximum Gasteiger partial charge on any atom is 0.175 e. The van der Waals surface area contributed by atoms with Crippen LogP contribution in [-0.4, -0.2) is 21.7 Å². The number of hydrogen-bond donors (Lipinski definition) is 1. The molecule has 106 valence electrons. The molecule has 1 atom stereocenters. The molecule has 0 radical (unpaired) electrons. The summed E-state index contributed by atoms with van der Waals surface area (Å²) in [6.45, 7) is 0. The van der Waals surface area contributed by atoms with E-state index >= 15 is 0 Å². The standard InChI is InChI=1S/C15H16FNO2S/c1-17-15(11-3-7-13(16)8-4-11)12-5-9-14(10-6-12)20(2,18)19/h3-10,15,17H,1-2H3. The van der Waals surface area contributed by atoms with Gasteiger partial charge >= 0.3 is 0 Å². The van der Waals surface area contributed by atoms with E-state index in [-0.39, 0.29) is 16.8 Å². The SMILES string of the molecule is CNC(c1ccc(F)cc1)c1ccc(S(C)(=O)=O)cc1. The highest BCUT2D eigenvalue weighted by molar-refractivity contribution is 7.90. The summed E-state index contributed by atoms with van der Waals surface area (Å²) in [5.41, 5.74) is 1.84. The van der Waals surface area contributed by atoms with Crippen LogP contribution in [-0.2, 0) is 9.84 Å². The highest BCUT2D eigenvalue weighted by Crippen LogP contribution is 2.23. The molecule has 2 aromatic carbocycles. The molecule has 20 heavy (non-hydrogen) atoms. The Morgan fingerprint density at radius 1 is 0.950 bits per heavy atom. The van der Waals surface area contributed by atoms with Crippen molar-refractivity contribution in [3.8, 4) is 0 Å². The molecule has 2 aromatic rings. The molecule has 0 aliphatic rings. The number of nitrogens with one attached hydrogen (secondary N) is 1. The molecule has 1 unspecified atom stereocenters. The van der Waals surface area contributed by atoms with E-state index in [4.69, 9.17) is 0 Å². The molecular formula is C15H16FNO2S. The Kier molecular flexibility index (Phi) is 4.20. The summed E-state index contributed by atoms with van der Waals surface area (Å²) >= 11 is 0. The van der Waals surface area contributed by atoms with Gasteiger partial charge in [0.2, 0.25) is 0 Å². The molecule has 0 spiro atoms. The zero-order valence-electron chi connectivity index (χ0n) is 11.3. The van der Waals surface area contributed by atoms with Crippen molar-refractivity contribution in [2.75, 3.05) is 13.3 Å². The minimum atomic E-state index is -3.19. The second kappa shape index (κ2) is 5.73. The van der Waals surface area contributed by atoms with Gasteiger partial charge in [-0.1, -0.05) is 24.3 Å². The Morgan fingerprint density at radius 3 is 1.80 bits per heavy atom. The van der Waals surface area contributed by atoms with E-state index in [1.165, 1.54) is 18.4 Å². The van der Waals surface area contributed by atoms with Gasteiger partial charge in [0.1, 0.15) is 5.82 Å². The van der Waals surface area contributed by atoms with Gasteiger partial charge < -0.3 is 5.32 Å². The molecule has 2 rings (SSSR count). The lowest BCUT2D eigenvalue weighted by Crippen LogP contribution is -2.17. The van der Waals surface area contributed by atoms with Crippen molar-refractivity contribution >= 4 is 9.84 Å². The Balaban J connectivity index is 2.35. The Morgan fingerprint density at radius 2 is 1.40 bits per heavy atom. The van der Waals surface area contributed by atoms with Crippen molar-refractivity contribution < 1.29 is 12.8 Å². The Labute approximate surface area is 118 Å². The highest BCUT2D eigenvalue weighted by Gasteiger charge is 2.13. The van der Waals surface area contributed by atoms with E-state index in [1.807, 2.05) is 0 Å². The predicted molar refractivity (Wildman–Crippen MR) is 76.9 cm³/mol. The lowest BCUT2D eigenvalue weighted by Gasteiger charge is -2.17. The summed E-state index contributed by atoms with van der Waals surface area (Å²) in [6.07, 6.45) is 1.18. The number of hydrogen-bond acceptors (Lipinski definition) is 3. The zero-order valence-corrected chi connectivity index (χ0v) is 12.1. The molecular weight excluding hydrogens is 277 g/mol. The van der Waals surface area contributed by atoms with E-state index in [2.05, 4.69) is 5.32 Å². The molecule has 0 heterocycles. The number of sulfone groups is 1. The number of benzene rings is 2. The van der Waals surface area contributed by atoms with Gasteiger partial charge in [0.15, 0.2) is 9.84 Å². The fourth-order valence-corrected chi connectivity index (χ4v) is 2.72. The highest BCUT2D eigenvalue weighted by atomic mass is 32.2. The third kappa shape index (κ3) is 3.23. The molecule has 3 nitrogen and oxygen atoms in total. The molecule has 1 N–H and O–H groups in total. The van der Waals surface area contributed by atoms with Crippen LogP contribution in [0, 0.1) is 5.82 Å². The van der Waals surface area contributed by atoms with Crippen molar-refractivity contribution in [3.63, 3.8) is 0 Å². The molecule has 0 bridgehead atoms. The fraction of sp³-hybridized carbons (Fsp3) is 0.200. The van der Waals surface area contributed by atoms with Crippen molar-refractivity contribution in [3.05, 3.63) is 65.5 Å². The summed E-state index contributed by atoms with van der Waals surface area (Å²) < 4.78 is 35.8. The number of halogens is 1. The Bertz CT molecular complexity index is 679. The van der Waals surface area contributed by atoms with Gasteiger partial charge in [0.05, 0.1) is 10.9 Å². The van der Waals surface area contributed by atoms with Crippen LogP contribution < -0.4 is 5.32 Å². The van der Waals surface area contributed by atoms with Crippen LogP contribution in [0.3, 0.4) is 0 Å². The molecule has 0 saturated heterocycles. The van der Waals surface area contributed by atoms with E-state index in [9.17, 15) is 12.8 Å². The molecule has 5 heteroatoms. The first-order valence-electron chi connectivity index (χ1n) is 6.14. The minimum absolute atomic E-state index is 0.107. The monoisotopic (exact) mass is 293 g/mol. The van der Waals surface area contributed by atoms with E-state index in [0.717, 1.165) is 11.1 Å². The van der Waals surface area contributed by atoms with Crippen molar-refractivity contribution in [2.24, 2.45) is 0 Å². The summed E-state index contributed by atoms with van der Waals surface area (Å²) in [6, 6.07) is 12.8. The summed E-state index contributed by atoms with van der Waals surface area (Å²) in [4.78, 5) is 0.287. The first-order chi connectivity index (χ1) is 9.41. The van der Waals surface area contributed by atoms with E-state index < -0.39 is 9.84 Å². The van der Waals surface area contributed by atoms with Gasteiger partial charge in [0, 0.05) is 6.26 Å². The Hall–Kier alpha value is -1.72. The average Bonchev–Trinajstić information content (AvgIpc) is 2.41. The second-order valence-electron chi connectivity index (χ2n) is 4.61. The molecule has 0 aliphatic carbocycles. The first-order valence-corrected chi connectivity index (χ1v) is 8.03. The lowest BCUT2D eigenvalue weighted by molar-refractivity contribution is 0.601. The summed E-state index contributed by atoms with van der Waals surface area (Å²) in [5.74, 6) is -0.281. The van der Waals surface area contributed by atoms with Crippen LogP contribution in [0.4, 0.5) is 4.39 Å². The van der Waals surface area contributed by atoms with E-state index in [0.29, 0.717) is 0 Å². The van der Waals surface area contributed by atoms with Gasteiger partial charge in [-0.05, 0) is 42.4 Å². The lowest BCUT2D eigenvalue weighted by atomic mass is 9.99. The van der Waals surface area contributed by atoms with Gasteiger partial charge in [-0.2, -0.15) is 0 Å². The third-order valence-electron chi connectivity index (χ3n) is 3.13. The van der Waals surface area contributed by atoms with Crippen molar-refractivity contribution in [1.29, 1.82) is 0 Å². The van der Waals surface area contributed by atoms with Gasteiger partial charge in [-0.15, -0.1) is 0 Å². The zero-order chi connectivity index (χ0) is 14.8. The first kappa shape index (κ1) is 14.7.